The molecule has 3 aromatic carbocycles. The van der Waals surface area contributed by atoms with E-state index in [0.717, 1.165) is 6.42 Å². The van der Waals surface area contributed by atoms with E-state index in [-0.39, 0.29) is 35.6 Å². The van der Waals surface area contributed by atoms with Crippen molar-refractivity contribution < 1.29 is 18.3 Å². The van der Waals surface area contributed by atoms with Gasteiger partial charge in [-0.05, 0) is 0 Å². The van der Waals surface area contributed by atoms with E-state index in [9.17, 15) is 0 Å². The molecular weight excluding hydrogens is 619 g/mol. The summed E-state index contributed by atoms with van der Waals surface area (Å²) < 4.78 is 13.0. The number of allylic oxidation sites excluding steroid dienone is 4. The molecule has 0 saturated carbocycles. The van der Waals surface area contributed by atoms with Crippen molar-refractivity contribution in [1.29, 1.82) is 0 Å². The monoisotopic (exact) mass is 666 g/mol. The maximum absolute atomic E-state index is 5.58. The van der Waals surface area contributed by atoms with Crippen molar-refractivity contribution in [2.75, 3.05) is 0 Å². The van der Waals surface area contributed by atoms with Crippen molar-refractivity contribution in [2.24, 2.45) is 5.92 Å². The Labute approximate surface area is 263 Å². The summed E-state index contributed by atoms with van der Waals surface area (Å²) in [4.78, 5) is 0. The topological polar surface area (TPSA) is 0 Å². The molecule has 0 spiro atoms. The Morgan fingerprint density at radius 2 is 1.37 bits per heavy atom. The van der Waals surface area contributed by atoms with Gasteiger partial charge in [0.05, 0.1) is 0 Å². The van der Waals surface area contributed by atoms with Crippen LogP contribution in [0.4, 0.5) is 0 Å². The second-order valence-corrected chi connectivity index (χ2v) is 29.0. The Morgan fingerprint density at radius 1 is 0.780 bits per heavy atom. The van der Waals surface area contributed by atoms with Gasteiger partial charge in [0.2, 0.25) is 0 Å². The zero-order chi connectivity index (χ0) is 28.7. The molecule has 2 aliphatic rings. The van der Waals surface area contributed by atoms with Crippen LogP contribution in [0.3, 0.4) is 0 Å². The van der Waals surface area contributed by atoms with Gasteiger partial charge in [-0.15, -0.1) is 24.8 Å². The molecule has 220 valence electrons. The SMILES string of the molecule is Cl.Cl.[CH2]=[Zr]([CH3])([C]1=C(C)C(C)=CC1C)([c]1ccc(C)cc1)[c]1c(C(C)(C)C)ccc2c1Cc1cc(C(C)(C)C)ccc1-2. The summed E-state index contributed by atoms with van der Waals surface area (Å²) in [6, 6.07) is 21.6. The van der Waals surface area contributed by atoms with E-state index >= 15 is 0 Å². The summed E-state index contributed by atoms with van der Waals surface area (Å²) >= 11 is -4.39. The summed E-state index contributed by atoms with van der Waals surface area (Å²) in [5.41, 5.74) is 13.2. The van der Waals surface area contributed by atoms with Crippen molar-refractivity contribution in [3.05, 3.63) is 103 Å². The summed E-state index contributed by atoms with van der Waals surface area (Å²) in [7, 11) is 0. The fourth-order valence-electron chi connectivity index (χ4n) is 7.84. The Balaban J connectivity index is 0.00000231. The van der Waals surface area contributed by atoms with E-state index < -0.39 is 18.3 Å². The van der Waals surface area contributed by atoms with Gasteiger partial charge in [-0.1, -0.05) is 0 Å². The van der Waals surface area contributed by atoms with Gasteiger partial charge in [0.15, 0.2) is 0 Å². The van der Waals surface area contributed by atoms with Crippen LogP contribution < -0.4 is 6.54 Å². The van der Waals surface area contributed by atoms with Crippen LogP contribution in [0.25, 0.3) is 11.1 Å². The first-order chi connectivity index (χ1) is 17.9. The molecule has 0 amide bonds. The predicted molar refractivity (Wildman–Crippen MR) is 186 cm³/mol. The van der Waals surface area contributed by atoms with Gasteiger partial charge >= 0.3 is 240 Å². The van der Waals surface area contributed by atoms with Crippen molar-refractivity contribution in [2.45, 2.75) is 91.1 Å². The van der Waals surface area contributed by atoms with Crippen LogP contribution in [0.1, 0.15) is 90.1 Å². The first kappa shape index (κ1) is 34.0. The van der Waals surface area contributed by atoms with Gasteiger partial charge in [-0.25, -0.2) is 0 Å². The normalized spacial score (nSPS) is 17.0. The van der Waals surface area contributed by atoms with Crippen LogP contribution in [0.2, 0.25) is 4.63 Å². The molecule has 41 heavy (non-hydrogen) atoms. The molecule has 5 rings (SSSR count). The number of benzene rings is 3. The third-order valence-electron chi connectivity index (χ3n) is 9.94. The molecule has 1 atom stereocenters. The van der Waals surface area contributed by atoms with Crippen molar-refractivity contribution in [3.8, 4) is 11.1 Å². The summed E-state index contributed by atoms with van der Waals surface area (Å²) in [5, 5.41) is 0. The summed E-state index contributed by atoms with van der Waals surface area (Å²) in [6.45, 7) is 23.4. The molecule has 0 nitrogen and oxygen atoms in total. The zero-order valence-electron chi connectivity index (χ0n) is 27.1. The molecule has 0 aromatic heterocycles. The van der Waals surface area contributed by atoms with Crippen LogP contribution >= 0.6 is 24.8 Å². The van der Waals surface area contributed by atoms with E-state index in [4.69, 9.17) is 4.21 Å². The number of fused-ring (bicyclic) bond motifs is 3. The number of aryl methyl sites for hydroxylation is 1. The average Bonchev–Trinajstić information content (AvgIpc) is 3.33. The third kappa shape index (κ3) is 5.28. The second-order valence-electron chi connectivity index (χ2n) is 15.1. The first-order valence-electron chi connectivity index (χ1n) is 14.8. The molecule has 0 fully saturated rings. The number of halogens is 2. The third-order valence-corrected chi connectivity index (χ3v) is 25.0. The van der Waals surface area contributed by atoms with Crippen LogP contribution in [0.15, 0.2) is 75.1 Å². The van der Waals surface area contributed by atoms with E-state index in [1.807, 2.05) is 0 Å². The average molecular weight is 669 g/mol. The molecule has 1 unspecified atom stereocenters. The molecule has 0 aliphatic heterocycles. The fourth-order valence-corrected chi connectivity index (χ4v) is 24.3. The molecule has 0 heterocycles. The summed E-state index contributed by atoms with van der Waals surface area (Å²) in [6.07, 6.45) is 3.49. The maximum atomic E-state index is 5.58. The van der Waals surface area contributed by atoms with Crippen molar-refractivity contribution in [1.82, 2.24) is 0 Å². The quantitative estimate of drug-likeness (QED) is 0.204. The van der Waals surface area contributed by atoms with E-state index in [2.05, 4.69) is 135 Å². The Bertz CT molecular complexity index is 1640. The Hall–Kier alpha value is -1.53. The number of hydrogen-bond acceptors (Lipinski definition) is 0. The molecule has 0 N–H and O–H groups in total. The first-order valence-corrected chi connectivity index (χ1v) is 22.7. The van der Waals surface area contributed by atoms with Crippen LogP contribution in [-0.4, -0.2) is 4.21 Å². The van der Waals surface area contributed by atoms with Crippen molar-refractivity contribution >= 4 is 35.6 Å². The van der Waals surface area contributed by atoms with Gasteiger partial charge in [0.25, 0.3) is 0 Å². The second kappa shape index (κ2) is 10.9. The molecule has 3 heteroatoms. The molecule has 0 saturated heterocycles. The molecular formula is C38H50Cl2Zr. The van der Waals surface area contributed by atoms with Gasteiger partial charge < -0.3 is 0 Å². The van der Waals surface area contributed by atoms with Gasteiger partial charge in [-0.3, -0.25) is 0 Å². The van der Waals surface area contributed by atoms with E-state index in [1.54, 1.807) is 12.1 Å². The minimum absolute atomic E-state index is 0. The Kier molecular flexibility index (Phi) is 9.01. The van der Waals surface area contributed by atoms with Crippen LogP contribution in [-0.2, 0) is 35.5 Å². The zero-order valence-corrected chi connectivity index (χ0v) is 31.2. The minimum atomic E-state index is -4.39. The van der Waals surface area contributed by atoms with E-state index in [1.165, 1.54) is 47.8 Å². The molecule has 3 aromatic rings. The van der Waals surface area contributed by atoms with Crippen molar-refractivity contribution in [3.63, 3.8) is 0 Å². The predicted octanol–water partition coefficient (Wildman–Crippen LogP) is 10.00. The molecule has 0 radical (unpaired) electrons. The molecule has 0 bridgehead atoms. The van der Waals surface area contributed by atoms with Gasteiger partial charge in [0, 0.05) is 0 Å². The number of rotatable bonds is 3. The standard InChI is InChI=1S/C21H25.C8H11.C7H7.CH3.CH2.2ClH.Zr/c1-20(2,3)16-7-9-18-14(12-16)11-15-13-17(21(4,5)6)8-10-19(15)18;1-6-4-7(2)8(3)5-6;1-7-5-3-2-4-6-7;;;;;/h7-10,12H,11H2,1-6H3;4,6H,1-3H3;3-6H,1H3;1H3;1H2;2*1H;. The number of hydrogen-bond donors (Lipinski definition) is 0. The van der Waals surface area contributed by atoms with Crippen LogP contribution in [0, 0.1) is 12.8 Å². The fraction of sp³-hybridized carbons (Fsp3) is 0.395. The Morgan fingerprint density at radius 3 is 1.88 bits per heavy atom. The van der Waals surface area contributed by atoms with Crippen LogP contribution in [0.5, 0.6) is 0 Å². The molecule has 2 aliphatic carbocycles. The van der Waals surface area contributed by atoms with Gasteiger partial charge in [-0.2, -0.15) is 0 Å². The van der Waals surface area contributed by atoms with Gasteiger partial charge in [0.1, 0.15) is 0 Å². The summed E-state index contributed by atoms with van der Waals surface area (Å²) in [5.74, 6) is 0.402. The van der Waals surface area contributed by atoms with E-state index in [0.29, 0.717) is 5.92 Å².